The van der Waals surface area contributed by atoms with Gasteiger partial charge in [0.1, 0.15) is 12.4 Å². The van der Waals surface area contributed by atoms with Crippen molar-refractivity contribution < 1.29 is 23.7 Å². The summed E-state index contributed by atoms with van der Waals surface area (Å²) in [5, 5.41) is 13.5. The van der Waals surface area contributed by atoms with Gasteiger partial charge in [0.05, 0.1) is 14.2 Å². The number of phenolic OH excluding ortho intramolecular Hbond substituents is 1. The molecule has 6 nitrogen and oxygen atoms in total. The SMILES string of the molecule is COc1cc(NCCCc2ccc(OCCN3CCC3)c(F)c2)c(C2CCc3cc(O)ccc3C2)cc1OC. The highest BCUT2D eigenvalue weighted by atomic mass is 19.1. The number of ether oxygens (including phenoxy) is 3. The summed E-state index contributed by atoms with van der Waals surface area (Å²) in [6, 6.07) is 15.1. The van der Waals surface area contributed by atoms with E-state index in [1.165, 1.54) is 23.1 Å². The summed E-state index contributed by atoms with van der Waals surface area (Å²) in [6.07, 6.45) is 5.69. The molecule has 39 heavy (non-hydrogen) atoms. The van der Waals surface area contributed by atoms with Crippen LogP contribution in [0.25, 0.3) is 0 Å². The van der Waals surface area contributed by atoms with Crippen LogP contribution in [-0.4, -0.2) is 57.0 Å². The van der Waals surface area contributed by atoms with Crippen molar-refractivity contribution >= 4 is 5.69 Å². The number of anilines is 1. The first-order valence-electron chi connectivity index (χ1n) is 14.0. The lowest BCUT2D eigenvalue weighted by molar-refractivity contribution is 0.145. The van der Waals surface area contributed by atoms with Gasteiger partial charge in [0.15, 0.2) is 23.1 Å². The zero-order valence-corrected chi connectivity index (χ0v) is 23.0. The van der Waals surface area contributed by atoms with Crippen LogP contribution < -0.4 is 19.5 Å². The molecule has 0 amide bonds. The number of benzene rings is 3. The van der Waals surface area contributed by atoms with Gasteiger partial charge in [-0.25, -0.2) is 4.39 Å². The Morgan fingerprint density at radius 2 is 1.79 bits per heavy atom. The van der Waals surface area contributed by atoms with Gasteiger partial charge in [-0.3, -0.25) is 4.90 Å². The molecule has 0 spiro atoms. The number of phenols is 1. The van der Waals surface area contributed by atoms with E-state index >= 15 is 0 Å². The minimum atomic E-state index is -0.294. The van der Waals surface area contributed by atoms with Crippen LogP contribution in [0.5, 0.6) is 23.0 Å². The van der Waals surface area contributed by atoms with Gasteiger partial charge in [-0.2, -0.15) is 0 Å². The Morgan fingerprint density at radius 1 is 0.974 bits per heavy atom. The van der Waals surface area contributed by atoms with Gasteiger partial charge in [-0.1, -0.05) is 12.1 Å². The van der Waals surface area contributed by atoms with Crippen LogP contribution in [0.2, 0.25) is 0 Å². The second-order valence-electron chi connectivity index (χ2n) is 10.5. The summed E-state index contributed by atoms with van der Waals surface area (Å²) in [5.41, 5.74) is 5.71. The molecule has 5 rings (SSSR count). The average Bonchev–Trinajstić information content (AvgIpc) is 2.92. The average molecular weight is 535 g/mol. The standard InChI is InChI=1S/C32H39FN2O4/c1-37-31-20-27(25-8-7-24-19-26(36)10-9-23(24)18-25)29(21-32(31)38-2)34-12-3-5-22-6-11-30(28(33)17-22)39-16-15-35-13-4-14-35/h6,9-11,17,19-21,25,34,36H,3-5,7-8,12-16,18H2,1-2H3. The van der Waals surface area contributed by atoms with Crippen molar-refractivity contribution in [3.8, 4) is 23.0 Å². The van der Waals surface area contributed by atoms with E-state index in [0.29, 0.717) is 29.8 Å². The molecule has 3 aromatic rings. The summed E-state index contributed by atoms with van der Waals surface area (Å²) in [7, 11) is 3.31. The van der Waals surface area contributed by atoms with E-state index in [4.69, 9.17) is 14.2 Å². The van der Waals surface area contributed by atoms with E-state index in [1.54, 1.807) is 32.4 Å². The third-order valence-electron chi connectivity index (χ3n) is 7.98. The number of nitrogens with one attached hydrogen (secondary N) is 1. The van der Waals surface area contributed by atoms with Gasteiger partial charge >= 0.3 is 0 Å². The van der Waals surface area contributed by atoms with Gasteiger partial charge in [0, 0.05) is 24.8 Å². The van der Waals surface area contributed by atoms with Crippen LogP contribution in [0, 0.1) is 5.82 Å². The van der Waals surface area contributed by atoms with Crippen LogP contribution in [-0.2, 0) is 19.3 Å². The lowest BCUT2D eigenvalue weighted by atomic mass is 9.79. The minimum Gasteiger partial charge on any atom is -0.508 e. The predicted octanol–water partition coefficient (Wildman–Crippen LogP) is 5.95. The zero-order chi connectivity index (χ0) is 27.2. The van der Waals surface area contributed by atoms with E-state index in [0.717, 1.165) is 75.3 Å². The molecule has 1 aliphatic carbocycles. The van der Waals surface area contributed by atoms with Crippen molar-refractivity contribution in [3.05, 3.63) is 76.6 Å². The molecule has 2 N–H and O–H groups in total. The van der Waals surface area contributed by atoms with Gasteiger partial charge in [-0.15, -0.1) is 0 Å². The number of aryl methyl sites for hydroxylation is 2. The maximum Gasteiger partial charge on any atom is 0.165 e. The minimum absolute atomic E-state index is 0.294. The number of hydrogen-bond donors (Lipinski definition) is 2. The molecule has 0 bridgehead atoms. The Hall–Kier alpha value is -3.45. The van der Waals surface area contributed by atoms with Crippen molar-refractivity contribution in [3.63, 3.8) is 0 Å². The molecule has 0 saturated carbocycles. The fourth-order valence-corrected chi connectivity index (χ4v) is 5.61. The number of nitrogens with zero attached hydrogens (tertiary/aromatic N) is 1. The molecule has 1 heterocycles. The number of likely N-dealkylation sites (tertiary alicyclic amines) is 1. The third-order valence-corrected chi connectivity index (χ3v) is 7.98. The maximum absolute atomic E-state index is 14.6. The monoisotopic (exact) mass is 534 g/mol. The summed E-state index contributed by atoms with van der Waals surface area (Å²) in [4.78, 5) is 2.31. The fraction of sp³-hybridized carbons (Fsp3) is 0.438. The molecule has 3 aromatic carbocycles. The molecule has 1 fully saturated rings. The first kappa shape index (κ1) is 27.1. The van der Waals surface area contributed by atoms with E-state index < -0.39 is 0 Å². The molecule has 0 radical (unpaired) electrons. The topological polar surface area (TPSA) is 63.2 Å². The van der Waals surface area contributed by atoms with Crippen molar-refractivity contribution in [2.24, 2.45) is 0 Å². The molecule has 7 heteroatoms. The molecule has 208 valence electrons. The van der Waals surface area contributed by atoms with Gasteiger partial charge in [0.25, 0.3) is 0 Å². The molecular formula is C32H39FN2O4. The second kappa shape index (κ2) is 12.6. The van der Waals surface area contributed by atoms with Gasteiger partial charge in [0.2, 0.25) is 0 Å². The predicted molar refractivity (Wildman–Crippen MR) is 152 cm³/mol. The van der Waals surface area contributed by atoms with Crippen molar-refractivity contribution in [2.75, 3.05) is 52.3 Å². The second-order valence-corrected chi connectivity index (χ2v) is 10.5. The molecule has 1 unspecified atom stereocenters. The quantitative estimate of drug-likeness (QED) is 0.280. The molecule has 1 atom stereocenters. The fourth-order valence-electron chi connectivity index (χ4n) is 5.61. The largest absolute Gasteiger partial charge is 0.508 e. The summed E-state index contributed by atoms with van der Waals surface area (Å²) >= 11 is 0. The molecule has 1 aliphatic heterocycles. The van der Waals surface area contributed by atoms with Gasteiger partial charge < -0.3 is 24.6 Å². The number of methoxy groups -OCH3 is 2. The van der Waals surface area contributed by atoms with Crippen LogP contribution in [0.1, 0.15) is 47.4 Å². The Bertz CT molecular complexity index is 1280. The van der Waals surface area contributed by atoms with Crippen molar-refractivity contribution in [2.45, 2.75) is 44.4 Å². The van der Waals surface area contributed by atoms with Crippen LogP contribution in [0.3, 0.4) is 0 Å². The number of halogens is 1. The third kappa shape index (κ3) is 6.59. The lowest BCUT2D eigenvalue weighted by Crippen LogP contribution is -2.39. The normalized spacial score (nSPS) is 16.7. The van der Waals surface area contributed by atoms with E-state index in [1.807, 2.05) is 24.3 Å². The molecule has 0 aromatic heterocycles. The first-order valence-corrected chi connectivity index (χ1v) is 14.0. The number of fused-ring (bicyclic) bond motifs is 1. The smallest absolute Gasteiger partial charge is 0.165 e. The molecular weight excluding hydrogens is 495 g/mol. The van der Waals surface area contributed by atoms with Crippen LogP contribution >= 0.6 is 0 Å². The first-order chi connectivity index (χ1) is 19.0. The van der Waals surface area contributed by atoms with Crippen molar-refractivity contribution in [1.29, 1.82) is 0 Å². The van der Waals surface area contributed by atoms with Crippen molar-refractivity contribution in [1.82, 2.24) is 4.90 Å². The highest BCUT2D eigenvalue weighted by Crippen LogP contribution is 2.42. The molecule has 1 saturated heterocycles. The number of hydrogen-bond acceptors (Lipinski definition) is 6. The number of rotatable bonds is 12. The summed E-state index contributed by atoms with van der Waals surface area (Å²) in [6.45, 7) is 4.34. The molecule has 2 aliphatic rings. The maximum atomic E-state index is 14.6. The lowest BCUT2D eigenvalue weighted by Gasteiger charge is -2.30. The highest BCUT2D eigenvalue weighted by Gasteiger charge is 2.24. The Morgan fingerprint density at radius 3 is 2.54 bits per heavy atom. The summed E-state index contributed by atoms with van der Waals surface area (Å²) in [5.74, 6) is 2.10. The van der Waals surface area contributed by atoms with Gasteiger partial charge in [-0.05, 0) is 110 Å². The number of aromatic hydroxyl groups is 1. The Kier molecular flexibility index (Phi) is 8.77. The summed E-state index contributed by atoms with van der Waals surface area (Å²) < 4.78 is 31.5. The van der Waals surface area contributed by atoms with Crippen LogP contribution in [0.15, 0.2) is 48.5 Å². The zero-order valence-electron chi connectivity index (χ0n) is 23.0. The Balaban J connectivity index is 1.21. The van der Waals surface area contributed by atoms with E-state index in [9.17, 15) is 9.50 Å². The van der Waals surface area contributed by atoms with Crippen LogP contribution in [0.4, 0.5) is 10.1 Å². The highest BCUT2D eigenvalue weighted by molar-refractivity contribution is 5.62. The van der Waals surface area contributed by atoms with E-state index in [-0.39, 0.29) is 5.82 Å². The Labute approximate surface area is 230 Å². The van der Waals surface area contributed by atoms with E-state index in [2.05, 4.69) is 16.3 Å².